The molecule has 0 aliphatic heterocycles. The minimum absolute atomic E-state index is 0.131. The number of sulfonamides is 1. The third-order valence-electron chi connectivity index (χ3n) is 2.31. The Hall–Kier alpha value is -1.44. The lowest BCUT2D eigenvalue weighted by atomic mass is 10.3. The summed E-state index contributed by atoms with van der Waals surface area (Å²) in [7, 11) is -3.75. The standard InChI is InChI=1S/C11H12N2O3S2/c1-8(11-12-6-7-17-11)13-18(15,16)10-5-3-2-4-9(10)14/h2-8,13-14H,1H3. The van der Waals surface area contributed by atoms with Crippen molar-refractivity contribution in [2.75, 3.05) is 0 Å². The zero-order valence-electron chi connectivity index (χ0n) is 9.57. The number of phenols is 1. The maximum atomic E-state index is 12.1. The Kier molecular flexibility index (Phi) is 3.65. The first kappa shape index (κ1) is 13.0. The maximum absolute atomic E-state index is 12.1. The quantitative estimate of drug-likeness (QED) is 0.898. The lowest BCUT2D eigenvalue weighted by Crippen LogP contribution is -2.26. The summed E-state index contributed by atoms with van der Waals surface area (Å²) in [6.45, 7) is 1.70. The summed E-state index contributed by atoms with van der Waals surface area (Å²) in [4.78, 5) is 3.91. The molecule has 1 unspecified atom stereocenters. The smallest absolute Gasteiger partial charge is 0.244 e. The van der Waals surface area contributed by atoms with Gasteiger partial charge in [0.25, 0.3) is 0 Å². The van der Waals surface area contributed by atoms with Gasteiger partial charge in [-0.3, -0.25) is 0 Å². The maximum Gasteiger partial charge on any atom is 0.244 e. The summed E-state index contributed by atoms with van der Waals surface area (Å²) in [5.74, 6) is -0.267. The number of nitrogens with zero attached hydrogens (tertiary/aromatic N) is 1. The number of aromatic hydroxyl groups is 1. The summed E-state index contributed by atoms with van der Waals surface area (Å²) in [5, 5.41) is 12.0. The van der Waals surface area contributed by atoms with E-state index in [1.54, 1.807) is 30.6 Å². The number of nitrogens with one attached hydrogen (secondary N) is 1. The molecule has 2 aromatic rings. The van der Waals surface area contributed by atoms with Crippen LogP contribution in [0.2, 0.25) is 0 Å². The molecule has 0 radical (unpaired) electrons. The molecule has 96 valence electrons. The van der Waals surface area contributed by atoms with E-state index in [-0.39, 0.29) is 10.6 Å². The first-order valence-corrected chi connectivity index (χ1v) is 7.57. The molecule has 5 nitrogen and oxygen atoms in total. The summed E-state index contributed by atoms with van der Waals surface area (Å²) < 4.78 is 26.6. The Balaban J connectivity index is 2.26. The van der Waals surface area contributed by atoms with Gasteiger partial charge in [-0.15, -0.1) is 11.3 Å². The lowest BCUT2D eigenvalue weighted by molar-refractivity contribution is 0.457. The van der Waals surface area contributed by atoms with Gasteiger partial charge in [0.1, 0.15) is 15.7 Å². The van der Waals surface area contributed by atoms with Gasteiger partial charge in [-0.25, -0.2) is 18.1 Å². The van der Waals surface area contributed by atoms with Gasteiger partial charge in [0, 0.05) is 11.6 Å². The highest BCUT2D eigenvalue weighted by atomic mass is 32.2. The highest BCUT2D eigenvalue weighted by molar-refractivity contribution is 7.89. The van der Waals surface area contributed by atoms with Gasteiger partial charge >= 0.3 is 0 Å². The van der Waals surface area contributed by atoms with Gasteiger partial charge in [-0.1, -0.05) is 12.1 Å². The molecule has 1 heterocycles. The van der Waals surface area contributed by atoms with Crippen molar-refractivity contribution >= 4 is 21.4 Å². The van der Waals surface area contributed by atoms with Crippen LogP contribution in [0.15, 0.2) is 40.7 Å². The molecule has 0 bridgehead atoms. The van der Waals surface area contributed by atoms with Gasteiger partial charge in [0.2, 0.25) is 10.0 Å². The second kappa shape index (κ2) is 5.05. The zero-order chi connectivity index (χ0) is 13.2. The van der Waals surface area contributed by atoms with Crippen LogP contribution in [-0.4, -0.2) is 18.5 Å². The van der Waals surface area contributed by atoms with Crippen molar-refractivity contribution in [1.29, 1.82) is 0 Å². The highest BCUT2D eigenvalue weighted by Crippen LogP contribution is 2.24. The number of hydrogen-bond acceptors (Lipinski definition) is 5. The monoisotopic (exact) mass is 284 g/mol. The Labute approximate surface area is 109 Å². The fourth-order valence-corrected chi connectivity index (χ4v) is 3.50. The van der Waals surface area contributed by atoms with E-state index in [1.807, 2.05) is 0 Å². The molecule has 7 heteroatoms. The molecule has 0 saturated heterocycles. The minimum Gasteiger partial charge on any atom is -0.507 e. The Morgan fingerprint density at radius 3 is 2.72 bits per heavy atom. The van der Waals surface area contributed by atoms with E-state index in [4.69, 9.17) is 0 Å². The second-order valence-corrected chi connectivity index (χ2v) is 6.29. The van der Waals surface area contributed by atoms with Gasteiger partial charge in [0.05, 0.1) is 6.04 Å². The van der Waals surface area contributed by atoms with Crippen molar-refractivity contribution < 1.29 is 13.5 Å². The molecule has 0 saturated carbocycles. The van der Waals surface area contributed by atoms with Crippen LogP contribution in [0.4, 0.5) is 0 Å². The highest BCUT2D eigenvalue weighted by Gasteiger charge is 2.22. The molecular weight excluding hydrogens is 272 g/mol. The van der Waals surface area contributed by atoms with Crippen LogP contribution in [0.3, 0.4) is 0 Å². The molecule has 0 aliphatic rings. The van der Waals surface area contributed by atoms with Crippen molar-refractivity contribution in [2.24, 2.45) is 0 Å². The zero-order valence-corrected chi connectivity index (χ0v) is 11.2. The van der Waals surface area contributed by atoms with Crippen LogP contribution >= 0.6 is 11.3 Å². The summed E-state index contributed by atoms with van der Waals surface area (Å²) >= 11 is 1.37. The molecule has 1 aromatic heterocycles. The number of aromatic nitrogens is 1. The van der Waals surface area contributed by atoms with E-state index in [2.05, 4.69) is 9.71 Å². The van der Waals surface area contributed by atoms with Crippen molar-refractivity contribution in [3.63, 3.8) is 0 Å². The van der Waals surface area contributed by atoms with Crippen LogP contribution in [0.5, 0.6) is 5.75 Å². The van der Waals surface area contributed by atoms with Crippen LogP contribution in [-0.2, 0) is 10.0 Å². The van der Waals surface area contributed by atoms with Crippen molar-refractivity contribution in [3.05, 3.63) is 40.8 Å². The number of benzene rings is 1. The van der Waals surface area contributed by atoms with Crippen LogP contribution < -0.4 is 4.72 Å². The third-order valence-corrected chi connectivity index (χ3v) is 4.85. The topological polar surface area (TPSA) is 79.3 Å². The number of para-hydroxylation sites is 1. The molecular formula is C11H12N2O3S2. The summed E-state index contributed by atoms with van der Waals surface area (Å²) in [5.41, 5.74) is 0. The average molecular weight is 284 g/mol. The van der Waals surface area contributed by atoms with Gasteiger partial charge in [0.15, 0.2) is 0 Å². The number of rotatable bonds is 4. The molecule has 18 heavy (non-hydrogen) atoms. The van der Waals surface area contributed by atoms with Gasteiger partial charge in [-0.2, -0.15) is 0 Å². The molecule has 0 amide bonds. The third kappa shape index (κ3) is 2.69. The average Bonchev–Trinajstić information content (AvgIpc) is 2.82. The van der Waals surface area contributed by atoms with Crippen molar-refractivity contribution in [1.82, 2.24) is 9.71 Å². The fraction of sp³-hybridized carbons (Fsp3) is 0.182. The van der Waals surface area contributed by atoms with Crippen molar-refractivity contribution in [3.8, 4) is 5.75 Å². The van der Waals surface area contributed by atoms with Crippen LogP contribution in [0.25, 0.3) is 0 Å². The van der Waals surface area contributed by atoms with Gasteiger partial charge < -0.3 is 5.11 Å². The molecule has 1 aromatic carbocycles. The Bertz CT molecular complexity index is 623. The van der Waals surface area contributed by atoms with E-state index >= 15 is 0 Å². The van der Waals surface area contributed by atoms with E-state index < -0.39 is 16.1 Å². The normalized spacial score (nSPS) is 13.4. The molecule has 0 fully saturated rings. The van der Waals surface area contributed by atoms with E-state index in [1.165, 1.54) is 23.5 Å². The van der Waals surface area contributed by atoms with Crippen LogP contribution in [0.1, 0.15) is 18.0 Å². The van der Waals surface area contributed by atoms with E-state index in [9.17, 15) is 13.5 Å². The van der Waals surface area contributed by atoms with E-state index in [0.29, 0.717) is 5.01 Å². The lowest BCUT2D eigenvalue weighted by Gasteiger charge is -2.12. The van der Waals surface area contributed by atoms with E-state index in [0.717, 1.165) is 0 Å². The Morgan fingerprint density at radius 2 is 2.11 bits per heavy atom. The SMILES string of the molecule is CC(NS(=O)(=O)c1ccccc1O)c1nccs1. The second-order valence-electron chi connectivity index (χ2n) is 3.68. The summed E-state index contributed by atoms with van der Waals surface area (Å²) in [6, 6.07) is 5.38. The van der Waals surface area contributed by atoms with Gasteiger partial charge in [-0.05, 0) is 19.1 Å². The molecule has 2 rings (SSSR count). The predicted octanol–water partition coefficient (Wildman–Crippen LogP) is 1.89. The fourth-order valence-electron chi connectivity index (χ4n) is 1.48. The summed E-state index contributed by atoms with van der Waals surface area (Å²) in [6.07, 6.45) is 1.62. The van der Waals surface area contributed by atoms with Crippen LogP contribution in [0, 0.1) is 0 Å². The number of hydrogen-bond donors (Lipinski definition) is 2. The van der Waals surface area contributed by atoms with Crippen molar-refractivity contribution in [2.45, 2.75) is 17.9 Å². The number of thiazole rings is 1. The number of phenolic OH excluding ortho intramolecular Hbond substituents is 1. The first-order valence-electron chi connectivity index (χ1n) is 5.20. The molecule has 2 N–H and O–H groups in total. The predicted molar refractivity (Wildman–Crippen MR) is 69.0 cm³/mol. The Morgan fingerprint density at radius 1 is 1.39 bits per heavy atom. The minimum atomic E-state index is -3.75. The first-order chi connectivity index (χ1) is 8.50. The largest absolute Gasteiger partial charge is 0.507 e. The molecule has 1 atom stereocenters. The molecule has 0 aliphatic carbocycles. The molecule has 0 spiro atoms.